The van der Waals surface area contributed by atoms with Crippen molar-refractivity contribution in [1.29, 1.82) is 0 Å². The molecule has 0 aromatic heterocycles. The van der Waals surface area contributed by atoms with E-state index in [0.717, 1.165) is 34.7 Å². The van der Waals surface area contributed by atoms with Crippen molar-refractivity contribution in [2.75, 3.05) is 12.4 Å². The van der Waals surface area contributed by atoms with Gasteiger partial charge in [-0.2, -0.15) is 0 Å². The topological polar surface area (TPSA) is 42.5 Å². The number of anilines is 1. The molecule has 0 radical (unpaired) electrons. The molecule has 138 valence electrons. The predicted molar refractivity (Wildman–Crippen MR) is 110 cm³/mol. The zero-order valence-corrected chi connectivity index (χ0v) is 16.8. The quantitative estimate of drug-likeness (QED) is 0.752. The van der Waals surface area contributed by atoms with E-state index in [0.29, 0.717) is 5.11 Å². The average molecular weight is 371 g/mol. The summed E-state index contributed by atoms with van der Waals surface area (Å²) in [6.45, 7) is 8.33. The van der Waals surface area contributed by atoms with Gasteiger partial charge in [0.25, 0.3) is 0 Å². The zero-order valence-electron chi connectivity index (χ0n) is 16.0. The summed E-state index contributed by atoms with van der Waals surface area (Å²) in [5.74, 6) is 1.68. The first kappa shape index (κ1) is 18.5. The van der Waals surface area contributed by atoms with Gasteiger partial charge in [0.15, 0.2) is 5.11 Å². The predicted octanol–water partition coefficient (Wildman–Crippen LogP) is 4.90. The maximum absolute atomic E-state index is 6.12. The molecule has 2 aromatic rings. The lowest BCUT2D eigenvalue weighted by molar-refractivity contribution is 0.0695. The third kappa shape index (κ3) is 4.10. The molecule has 26 heavy (non-hydrogen) atoms. The van der Waals surface area contributed by atoms with Gasteiger partial charge in [-0.15, -0.1) is 0 Å². The van der Waals surface area contributed by atoms with Crippen LogP contribution in [0.25, 0.3) is 0 Å². The molecule has 1 aliphatic rings. The molecule has 0 bridgehead atoms. The monoisotopic (exact) mass is 370 g/mol. The van der Waals surface area contributed by atoms with Crippen LogP contribution in [-0.4, -0.2) is 17.8 Å². The lowest BCUT2D eigenvalue weighted by Gasteiger charge is -2.38. The Morgan fingerprint density at radius 1 is 1.19 bits per heavy atom. The lowest BCUT2D eigenvalue weighted by atomic mass is 9.89. The van der Waals surface area contributed by atoms with Crippen LogP contribution in [0.2, 0.25) is 0 Å². The van der Waals surface area contributed by atoms with Crippen LogP contribution in [0.15, 0.2) is 36.4 Å². The molecule has 1 unspecified atom stereocenters. The first-order valence-corrected chi connectivity index (χ1v) is 9.20. The van der Waals surface area contributed by atoms with Crippen molar-refractivity contribution in [1.82, 2.24) is 5.32 Å². The number of aryl methyl sites for hydroxylation is 2. The third-order valence-electron chi connectivity index (χ3n) is 4.62. The molecule has 1 heterocycles. The number of hydrogen-bond donors (Lipinski definition) is 2. The van der Waals surface area contributed by atoms with E-state index < -0.39 is 0 Å². The van der Waals surface area contributed by atoms with Gasteiger partial charge in [-0.05, 0) is 75.3 Å². The smallest absolute Gasteiger partial charge is 0.171 e. The average Bonchev–Trinajstić information content (AvgIpc) is 2.57. The second kappa shape index (κ2) is 7.16. The Bertz CT molecular complexity index is 833. The van der Waals surface area contributed by atoms with E-state index in [1.807, 2.05) is 18.2 Å². The van der Waals surface area contributed by atoms with Crippen molar-refractivity contribution in [3.05, 3.63) is 53.1 Å². The fourth-order valence-corrected chi connectivity index (χ4v) is 3.53. The van der Waals surface area contributed by atoms with E-state index in [2.05, 4.69) is 56.5 Å². The van der Waals surface area contributed by atoms with E-state index in [1.54, 1.807) is 7.11 Å². The summed E-state index contributed by atoms with van der Waals surface area (Å²) < 4.78 is 11.5. The van der Waals surface area contributed by atoms with Crippen LogP contribution in [-0.2, 0) is 0 Å². The number of thiocarbonyl (C=S) groups is 1. The highest BCUT2D eigenvalue weighted by molar-refractivity contribution is 7.80. The molecule has 4 nitrogen and oxygen atoms in total. The summed E-state index contributed by atoms with van der Waals surface area (Å²) >= 11 is 5.59. The first-order chi connectivity index (χ1) is 12.3. The molecular weight excluding hydrogens is 344 g/mol. The van der Waals surface area contributed by atoms with E-state index in [4.69, 9.17) is 21.7 Å². The molecule has 0 saturated carbocycles. The number of hydrogen-bond acceptors (Lipinski definition) is 3. The van der Waals surface area contributed by atoms with Crippen molar-refractivity contribution in [3.63, 3.8) is 0 Å². The van der Waals surface area contributed by atoms with E-state index >= 15 is 0 Å². The van der Waals surface area contributed by atoms with E-state index in [9.17, 15) is 0 Å². The molecule has 0 spiro atoms. The van der Waals surface area contributed by atoms with Crippen LogP contribution in [0.1, 0.15) is 43.0 Å². The van der Waals surface area contributed by atoms with Gasteiger partial charge >= 0.3 is 0 Å². The Hall–Kier alpha value is -2.27. The lowest BCUT2D eigenvalue weighted by Crippen LogP contribution is -2.42. The highest BCUT2D eigenvalue weighted by Gasteiger charge is 2.34. The van der Waals surface area contributed by atoms with Crippen LogP contribution in [0.5, 0.6) is 11.5 Å². The summed E-state index contributed by atoms with van der Waals surface area (Å²) in [7, 11) is 1.67. The molecule has 0 fully saturated rings. The Kier molecular flexibility index (Phi) is 5.10. The first-order valence-electron chi connectivity index (χ1n) is 8.79. The zero-order chi connectivity index (χ0) is 18.9. The van der Waals surface area contributed by atoms with Gasteiger partial charge in [0.1, 0.15) is 17.1 Å². The Morgan fingerprint density at radius 3 is 2.69 bits per heavy atom. The Labute approximate surface area is 160 Å². The second-order valence-electron chi connectivity index (χ2n) is 7.44. The van der Waals surface area contributed by atoms with E-state index in [-0.39, 0.29) is 11.6 Å². The summed E-state index contributed by atoms with van der Waals surface area (Å²) in [5, 5.41) is 7.40. The minimum Gasteiger partial charge on any atom is -0.497 e. The van der Waals surface area contributed by atoms with Gasteiger partial charge in [-0.1, -0.05) is 12.1 Å². The van der Waals surface area contributed by atoms with Crippen LogP contribution >= 0.6 is 12.2 Å². The second-order valence-corrected chi connectivity index (χ2v) is 7.85. The van der Waals surface area contributed by atoms with Crippen molar-refractivity contribution in [2.45, 2.75) is 45.8 Å². The van der Waals surface area contributed by atoms with Crippen molar-refractivity contribution in [2.24, 2.45) is 0 Å². The number of rotatable bonds is 3. The van der Waals surface area contributed by atoms with Gasteiger partial charge < -0.3 is 20.1 Å². The van der Waals surface area contributed by atoms with Gasteiger partial charge in [-0.3, -0.25) is 0 Å². The maximum Gasteiger partial charge on any atom is 0.171 e. The van der Waals surface area contributed by atoms with E-state index in [1.165, 1.54) is 5.56 Å². The Balaban J connectivity index is 1.82. The Morgan fingerprint density at radius 2 is 1.96 bits per heavy atom. The normalized spacial score (nSPS) is 17.7. The van der Waals surface area contributed by atoms with Gasteiger partial charge in [0.2, 0.25) is 0 Å². The van der Waals surface area contributed by atoms with Gasteiger partial charge in [0.05, 0.1) is 13.2 Å². The van der Waals surface area contributed by atoms with Gasteiger partial charge in [-0.25, -0.2) is 0 Å². The fraction of sp³-hybridized carbons (Fsp3) is 0.381. The fourth-order valence-electron chi connectivity index (χ4n) is 3.28. The molecule has 0 aliphatic carbocycles. The van der Waals surface area contributed by atoms with Crippen LogP contribution in [0.4, 0.5) is 5.69 Å². The highest BCUT2D eigenvalue weighted by atomic mass is 32.1. The minimum atomic E-state index is -0.270. The molecular formula is C21H26N2O2S. The minimum absolute atomic E-state index is 0.0500. The summed E-state index contributed by atoms with van der Waals surface area (Å²) in [6, 6.07) is 12.2. The third-order valence-corrected chi connectivity index (χ3v) is 4.84. The number of ether oxygens (including phenoxy) is 2. The molecule has 3 rings (SSSR count). The standard InChI is InChI=1S/C21H26N2O2S/c1-13-6-7-14(2)17(10-13)22-20(26)23-18-12-21(3,4)25-19-9-8-15(24-5)11-16(18)19/h6-11,18H,12H2,1-5H3,(H2,22,23,26). The summed E-state index contributed by atoms with van der Waals surface area (Å²) in [5.41, 5.74) is 4.18. The molecule has 0 saturated heterocycles. The van der Waals surface area contributed by atoms with Crippen LogP contribution in [0.3, 0.4) is 0 Å². The molecule has 0 amide bonds. The molecule has 5 heteroatoms. The molecule has 2 aromatic carbocycles. The number of methoxy groups -OCH3 is 1. The van der Waals surface area contributed by atoms with Crippen molar-refractivity contribution < 1.29 is 9.47 Å². The summed E-state index contributed by atoms with van der Waals surface area (Å²) in [4.78, 5) is 0. The molecule has 1 atom stereocenters. The van der Waals surface area contributed by atoms with Crippen molar-refractivity contribution in [3.8, 4) is 11.5 Å². The number of nitrogens with one attached hydrogen (secondary N) is 2. The summed E-state index contributed by atoms with van der Waals surface area (Å²) in [6.07, 6.45) is 0.807. The van der Waals surface area contributed by atoms with Gasteiger partial charge in [0, 0.05) is 17.7 Å². The largest absolute Gasteiger partial charge is 0.497 e. The van der Waals surface area contributed by atoms with Crippen LogP contribution in [0, 0.1) is 13.8 Å². The van der Waals surface area contributed by atoms with Crippen molar-refractivity contribution >= 4 is 23.0 Å². The maximum atomic E-state index is 6.12. The molecule has 2 N–H and O–H groups in total. The SMILES string of the molecule is COc1ccc2c(c1)C(NC(=S)Nc1cc(C)ccc1C)CC(C)(C)O2. The number of benzene rings is 2. The van der Waals surface area contributed by atoms with Crippen LogP contribution < -0.4 is 20.1 Å². The highest BCUT2D eigenvalue weighted by Crippen LogP contribution is 2.41. The molecule has 1 aliphatic heterocycles. The number of fused-ring (bicyclic) bond motifs is 1.